The molecule has 0 atom stereocenters. The van der Waals surface area contributed by atoms with Crippen molar-refractivity contribution in [2.75, 3.05) is 0 Å². The number of hydrogen-bond acceptors (Lipinski definition) is 1. The second-order valence-electron chi connectivity index (χ2n) is 4.75. The number of nitrogens with one attached hydrogen (secondary N) is 1. The molecule has 3 rings (SSSR count). The van der Waals surface area contributed by atoms with Gasteiger partial charge in [0.1, 0.15) is 3.70 Å². The largest absolute Gasteiger partial charge is 0.281 e. The van der Waals surface area contributed by atoms with Crippen molar-refractivity contribution in [2.24, 2.45) is 0 Å². The molecule has 88 valence electrons. The van der Waals surface area contributed by atoms with Gasteiger partial charge in [0.2, 0.25) is 0 Å². The molecule has 0 aliphatic heterocycles. The highest BCUT2D eigenvalue weighted by molar-refractivity contribution is 14.1. The fourth-order valence-electron chi connectivity index (χ4n) is 2.43. The van der Waals surface area contributed by atoms with Gasteiger partial charge in [0.05, 0.1) is 0 Å². The lowest BCUT2D eigenvalue weighted by atomic mass is 9.80. The molecule has 0 bridgehead atoms. The summed E-state index contributed by atoms with van der Waals surface area (Å²) in [5.41, 5.74) is 5.32. The second kappa shape index (κ2) is 4.44. The van der Waals surface area contributed by atoms with Crippen molar-refractivity contribution in [3.63, 3.8) is 0 Å². The van der Waals surface area contributed by atoms with Gasteiger partial charge in [0.25, 0.3) is 0 Å². The van der Waals surface area contributed by atoms with Crippen molar-refractivity contribution in [1.82, 2.24) is 10.2 Å². The normalized spacial score (nSPS) is 15.9. The quantitative estimate of drug-likeness (QED) is 0.815. The Morgan fingerprint density at radius 3 is 2.71 bits per heavy atom. The third-order valence-electron chi connectivity index (χ3n) is 3.68. The summed E-state index contributed by atoms with van der Waals surface area (Å²) in [5, 5.41) is 7.64. The van der Waals surface area contributed by atoms with Crippen LogP contribution < -0.4 is 0 Å². The Morgan fingerprint density at radius 1 is 1.29 bits per heavy atom. The minimum Gasteiger partial charge on any atom is -0.281 e. The number of nitrogens with zero attached hydrogens (tertiary/aromatic N) is 1. The highest BCUT2D eigenvalue weighted by Crippen LogP contribution is 2.42. The Bertz CT molecular complexity index is 541. The summed E-state index contributed by atoms with van der Waals surface area (Å²) in [6, 6.07) is 8.57. The highest BCUT2D eigenvalue weighted by atomic mass is 127. The molecular weight excluding hydrogens is 323 g/mol. The van der Waals surface area contributed by atoms with Gasteiger partial charge >= 0.3 is 0 Å². The van der Waals surface area contributed by atoms with Crippen molar-refractivity contribution in [2.45, 2.75) is 32.1 Å². The number of aromatic nitrogens is 2. The van der Waals surface area contributed by atoms with E-state index in [9.17, 15) is 0 Å². The third-order valence-corrected chi connectivity index (χ3v) is 4.46. The van der Waals surface area contributed by atoms with Gasteiger partial charge in [-0.1, -0.05) is 30.7 Å². The van der Waals surface area contributed by atoms with Crippen LogP contribution in [0.25, 0.3) is 11.1 Å². The molecule has 1 saturated carbocycles. The first-order valence-corrected chi connectivity index (χ1v) is 7.15. The fourth-order valence-corrected chi connectivity index (χ4v) is 3.14. The van der Waals surface area contributed by atoms with Crippen LogP contribution in [0.1, 0.15) is 36.4 Å². The summed E-state index contributed by atoms with van der Waals surface area (Å²) in [4.78, 5) is 0. The lowest BCUT2D eigenvalue weighted by Gasteiger charge is -2.25. The maximum Gasteiger partial charge on any atom is 0.131 e. The van der Waals surface area contributed by atoms with Crippen LogP contribution >= 0.6 is 22.6 Å². The smallest absolute Gasteiger partial charge is 0.131 e. The summed E-state index contributed by atoms with van der Waals surface area (Å²) in [7, 11) is 0. The maximum absolute atomic E-state index is 4.40. The summed E-state index contributed by atoms with van der Waals surface area (Å²) >= 11 is 2.33. The van der Waals surface area contributed by atoms with Crippen LogP contribution in [0, 0.1) is 10.6 Å². The van der Waals surface area contributed by atoms with Crippen molar-refractivity contribution in [3.05, 3.63) is 39.2 Å². The van der Waals surface area contributed by atoms with Crippen LogP contribution in [-0.2, 0) is 0 Å². The van der Waals surface area contributed by atoms with Crippen LogP contribution in [0.4, 0.5) is 0 Å². The molecule has 1 aliphatic carbocycles. The van der Waals surface area contributed by atoms with E-state index in [-0.39, 0.29) is 0 Å². The summed E-state index contributed by atoms with van der Waals surface area (Å²) in [5.74, 6) is 0.695. The number of aryl methyl sites for hydroxylation is 1. The molecule has 1 aromatic carbocycles. The minimum atomic E-state index is 0.695. The van der Waals surface area contributed by atoms with Crippen molar-refractivity contribution in [1.29, 1.82) is 0 Å². The maximum atomic E-state index is 4.40. The van der Waals surface area contributed by atoms with E-state index < -0.39 is 0 Å². The Hall–Kier alpha value is -0.840. The number of benzene rings is 1. The lowest BCUT2D eigenvalue weighted by molar-refractivity contribution is 0.411. The zero-order valence-electron chi connectivity index (χ0n) is 9.83. The van der Waals surface area contributed by atoms with E-state index in [0.717, 1.165) is 3.70 Å². The molecule has 1 aliphatic rings. The Kier molecular flexibility index (Phi) is 2.94. The van der Waals surface area contributed by atoms with Crippen LogP contribution in [0.15, 0.2) is 24.3 Å². The van der Waals surface area contributed by atoms with E-state index in [2.05, 4.69) is 64.0 Å². The van der Waals surface area contributed by atoms with Crippen LogP contribution in [0.5, 0.6) is 0 Å². The monoisotopic (exact) mass is 338 g/mol. The SMILES string of the molecule is Cc1ccccc1-c1c(I)n[nH]c1C1CCC1. The van der Waals surface area contributed by atoms with Gasteiger partial charge in [-0.3, -0.25) is 5.10 Å². The Morgan fingerprint density at radius 2 is 2.06 bits per heavy atom. The average molecular weight is 338 g/mol. The van der Waals surface area contributed by atoms with E-state index in [1.54, 1.807) is 0 Å². The molecule has 0 saturated heterocycles. The number of rotatable bonds is 2. The molecule has 17 heavy (non-hydrogen) atoms. The average Bonchev–Trinajstić information content (AvgIpc) is 2.59. The van der Waals surface area contributed by atoms with Gasteiger partial charge < -0.3 is 0 Å². The zero-order chi connectivity index (χ0) is 11.8. The van der Waals surface area contributed by atoms with Gasteiger partial charge in [0, 0.05) is 17.2 Å². The molecule has 0 amide bonds. The van der Waals surface area contributed by atoms with Gasteiger partial charge in [0.15, 0.2) is 0 Å². The number of aromatic amines is 1. The predicted octanol–water partition coefficient (Wildman–Crippen LogP) is 4.26. The molecule has 1 aromatic heterocycles. The summed E-state index contributed by atoms with van der Waals surface area (Å²) in [6.07, 6.45) is 3.96. The van der Waals surface area contributed by atoms with Crippen LogP contribution in [0.2, 0.25) is 0 Å². The molecule has 2 aromatic rings. The molecule has 1 fully saturated rings. The van der Waals surface area contributed by atoms with E-state index in [0.29, 0.717) is 5.92 Å². The van der Waals surface area contributed by atoms with Gasteiger partial charge in [-0.15, -0.1) is 0 Å². The fraction of sp³-hybridized carbons (Fsp3) is 0.357. The molecular formula is C14H15IN2. The lowest BCUT2D eigenvalue weighted by Crippen LogP contribution is -2.10. The van der Waals surface area contributed by atoms with Crippen molar-refractivity contribution < 1.29 is 0 Å². The molecule has 1 N–H and O–H groups in total. The van der Waals surface area contributed by atoms with Crippen LogP contribution in [-0.4, -0.2) is 10.2 Å². The van der Waals surface area contributed by atoms with Gasteiger partial charge in [-0.25, -0.2) is 0 Å². The van der Waals surface area contributed by atoms with Crippen molar-refractivity contribution >= 4 is 22.6 Å². The molecule has 3 heteroatoms. The standard InChI is InChI=1S/C14H15IN2/c1-9-5-2-3-8-11(9)12-13(10-6-4-7-10)16-17-14(12)15/h2-3,5,8,10H,4,6-7H2,1H3,(H,16,17). The third kappa shape index (κ3) is 1.90. The molecule has 0 spiro atoms. The first-order valence-electron chi connectivity index (χ1n) is 6.07. The molecule has 0 radical (unpaired) electrons. The van der Waals surface area contributed by atoms with Gasteiger partial charge in [-0.05, 0) is 53.5 Å². The number of H-pyrrole nitrogens is 1. The minimum absolute atomic E-state index is 0.695. The van der Waals surface area contributed by atoms with E-state index >= 15 is 0 Å². The number of halogens is 1. The summed E-state index contributed by atoms with van der Waals surface area (Å²) < 4.78 is 1.10. The van der Waals surface area contributed by atoms with Gasteiger partial charge in [-0.2, -0.15) is 5.10 Å². The van der Waals surface area contributed by atoms with E-state index in [4.69, 9.17) is 0 Å². The molecule has 1 heterocycles. The Labute approximate surface area is 115 Å². The van der Waals surface area contributed by atoms with Crippen molar-refractivity contribution in [3.8, 4) is 11.1 Å². The number of hydrogen-bond donors (Lipinski definition) is 1. The van der Waals surface area contributed by atoms with E-state index in [1.807, 2.05) is 0 Å². The van der Waals surface area contributed by atoms with Crippen LogP contribution in [0.3, 0.4) is 0 Å². The highest BCUT2D eigenvalue weighted by Gasteiger charge is 2.26. The topological polar surface area (TPSA) is 28.7 Å². The molecule has 0 unspecified atom stereocenters. The first-order chi connectivity index (χ1) is 8.27. The summed E-state index contributed by atoms with van der Waals surface area (Å²) in [6.45, 7) is 2.17. The first kappa shape index (κ1) is 11.3. The predicted molar refractivity (Wildman–Crippen MR) is 78.1 cm³/mol. The second-order valence-corrected chi connectivity index (χ2v) is 5.77. The zero-order valence-corrected chi connectivity index (χ0v) is 12.0. The Balaban J connectivity index is 2.13. The van der Waals surface area contributed by atoms with E-state index in [1.165, 1.54) is 41.6 Å². The molecule has 2 nitrogen and oxygen atoms in total.